The van der Waals surface area contributed by atoms with Crippen LogP contribution in [0.4, 0.5) is 0 Å². The quantitative estimate of drug-likeness (QED) is 0.885. The third-order valence-electron chi connectivity index (χ3n) is 3.71. The third kappa shape index (κ3) is 2.83. The summed E-state index contributed by atoms with van der Waals surface area (Å²) in [4.78, 5) is 0. The van der Waals surface area contributed by atoms with Gasteiger partial charge in [0.25, 0.3) is 0 Å². The lowest BCUT2D eigenvalue weighted by molar-refractivity contribution is 0.173. The van der Waals surface area contributed by atoms with Crippen LogP contribution in [0, 0.1) is 0 Å². The van der Waals surface area contributed by atoms with Crippen molar-refractivity contribution < 1.29 is 18.6 Å². The number of rotatable bonds is 6. The number of hydrogen-bond donors (Lipinski definition) is 1. The summed E-state index contributed by atoms with van der Waals surface area (Å²) in [5.41, 5.74) is 1.16. The van der Waals surface area contributed by atoms with E-state index in [-0.39, 0.29) is 6.79 Å². The second-order valence-electron chi connectivity index (χ2n) is 5.33. The van der Waals surface area contributed by atoms with E-state index >= 15 is 0 Å². The number of ether oxygens (including phenoxy) is 3. The molecule has 1 aliphatic carbocycles. The van der Waals surface area contributed by atoms with E-state index in [0.29, 0.717) is 12.6 Å². The molecule has 2 aliphatic rings. The molecule has 1 fully saturated rings. The van der Waals surface area contributed by atoms with Crippen LogP contribution in [0.15, 0.2) is 34.9 Å². The molecule has 0 atom stereocenters. The van der Waals surface area contributed by atoms with Gasteiger partial charge in [-0.2, -0.15) is 0 Å². The standard InChI is InChI=1S/C16H17NO4/c1-2-12(1)17-8-11-5-6-18-16(11)9-19-13-3-4-14-15(7-13)21-10-20-14/h3-7,12,17H,1-2,8-10H2. The molecule has 2 heterocycles. The smallest absolute Gasteiger partial charge is 0.231 e. The SMILES string of the molecule is c1cc(CNC2CC2)c(COc2ccc3c(c2)OCO3)o1. The Balaban J connectivity index is 1.38. The molecule has 1 aromatic heterocycles. The minimum absolute atomic E-state index is 0.272. The second kappa shape index (κ2) is 5.33. The van der Waals surface area contributed by atoms with Crippen molar-refractivity contribution in [2.24, 2.45) is 0 Å². The molecule has 0 unspecified atom stereocenters. The molecular formula is C16H17NO4. The van der Waals surface area contributed by atoms with Gasteiger partial charge < -0.3 is 23.9 Å². The zero-order valence-corrected chi connectivity index (χ0v) is 11.6. The lowest BCUT2D eigenvalue weighted by Gasteiger charge is -2.07. The van der Waals surface area contributed by atoms with Crippen LogP contribution < -0.4 is 19.5 Å². The number of hydrogen-bond acceptors (Lipinski definition) is 5. The summed E-state index contributed by atoms with van der Waals surface area (Å²) in [6.07, 6.45) is 4.27. The van der Waals surface area contributed by atoms with Crippen LogP contribution >= 0.6 is 0 Å². The van der Waals surface area contributed by atoms with Crippen LogP contribution in [0.2, 0.25) is 0 Å². The molecule has 1 N–H and O–H groups in total. The molecule has 110 valence electrons. The molecule has 2 aromatic rings. The van der Waals surface area contributed by atoms with Crippen LogP contribution in [0.5, 0.6) is 17.2 Å². The van der Waals surface area contributed by atoms with Crippen LogP contribution in [0.3, 0.4) is 0 Å². The highest BCUT2D eigenvalue weighted by Gasteiger charge is 2.21. The summed E-state index contributed by atoms with van der Waals surface area (Å²) < 4.78 is 21.9. The van der Waals surface area contributed by atoms with Gasteiger partial charge in [0.15, 0.2) is 11.5 Å². The van der Waals surface area contributed by atoms with Crippen molar-refractivity contribution in [1.82, 2.24) is 5.32 Å². The maximum atomic E-state index is 5.78. The Labute approximate surface area is 122 Å². The van der Waals surface area contributed by atoms with E-state index in [1.54, 1.807) is 6.26 Å². The fourth-order valence-electron chi connectivity index (χ4n) is 2.31. The molecule has 5 nitrogen and oxygen atoms in total. The van der Waals surface area contributed by atoms with Crippen LogP contribution in [0.1, 0.15) is 24.2 Å². The van der Waals surface area contributed by atoms with Gasteiger partial charge in [-0.3, -0.25) is 0 Å². The summed E-state index contributed by atoms with van der Waals surface area (Å²) >= 11 is 0. The van der Waals surface area contributed by atoms with E-state index < -0.39 is 0 Å². The lowest BCUT2D eigenvalue weighted by atomic mass is 10.2. The van der Waals surface area contributed by atoms with E-state index in [2.05, 4.69) is 5.32 Å². The molecule has 0 saturated heterocycles. The zero-order valence-electron chi connectivity index (χ0n) is 11.6. The first-order valence-electron chi connectivity index (χ1n) is 7.19. The molecule has 4 rings (SSSR count). The second-order valence-corrected chi connectivity index (χ2v) is 5.33. The number of nitrogens with one attached hydrogen (secondary N) is 1. The van der Waals surface area contributed by atoms with Crippen LogP contribution in [-0.2, 0) is 13.2 Å². The van der Waals surface area contributed by atoms with Gasteiger partial charge in [0.2, 0.25) is 6.79 Å². The average Bonchev–Trinajstić information content (AvgIpc) is 3.04. The van der Waals surface area contributed by atoms with Crippen LogP contribution in [0.25, 0.3) is 0 Å². The first-order chi connectivity index (χ1) is 10.4. The average molecular weight is 287 g/mol. The van der Waals surface area contributed by atoms with Gasteiger partial charge in [-0.1, -0.05) is 0 Å². The Kier molecular flexibility index (Phi) is 3.20. The molecule has 0 radical (unpaired) electrons. The van der Waals surface area contributed by atoms with E-state index in [9.17, 15) is 0 Å². The van der Waals surface area contributed by atoms with Crippen LogP contribution in [-0.4, -0.2) is 12.8 Å². The van der Waals surface area contributed by atoms with Crippen molar-refractivity contribution in [3.05, 3.63) is 41.9 Å². The maximum absolute atomic E-state index is 5.78. The van der Waals surface area contributed by atoms with E-state index in [0.717, 1.165) is 35.1 Å². The largest absolute Gasteiger partial charge is 0.486 e. The van der Waals surface area contributed by atoms with Gasteiger partial charge in [-0.25, -0.2) is 0 Å². The maximum Gasteiger partial charge on any atom is 0.231 e. The number of benzene rings is 1. The minimum Gasteiger partial charge on any atom is -0.486 e. The Morgan fingerprint density at radius 2 is 2.05 bits per heavy atom. The lowest BCUT2D eigenvalue weighted by Crippen LogP contribution is -2.16. The molecule has 1 saturated carbocycles. The van der Waals surface area contributed by atoms with Crippen molar-refractivity contribution in [3.63, 3.8) is 0 Å². The monoisotopic (exact) mass is 287 g/mol. The Morgan fingerprint density at radius 1 is 1.14 bits per heavy atom. The van der Waals surface area contributed by atoms with Crippen molar-refractivity contribution in [3.8, 4) is 17.2 Å². The van der Waals surface area contributed by atoms with Crippen molar-refractivity contribution in [1.29, 1.82) is 0 Å². The molecule has 0 bridgehead atoms. The van der Waals surface area contributed by atoms with Crippen molar-refractivity contribution in [2.75, 3.05) is 6.79 Å². The highest BCUT2D eigenvalue weighted by Crippen LogP contribution is 2.35. The van der Waals surface area contributed by atoms with E-state index in [1.165, 1.54) is 12.8 Å². The molecule has 21 heavy (non-hydrogen) atoms. The van der Waals surface area contributed by atoms with E-state index in [4.69, 9.17) is 18.6 Å². The van der Waals surface area contributed by atoms with E-state index in [1.807, 2.05) is 24.3 Å². The number of fused-ring (bicyclic) bond motifs is 1. The summed E-state index contributed by atoms with van der Waals surface area (Å²) in [5.74, 6) is 3.09. The zero-order chi connectivity index (χ0) is 14.1. The topological polar surface area (TPSA) is 52.9 Å². The van der Waals surface area contributed by atoms with Gasteiger partial charge in [0.05, 0.1) is 6.26 Å². The van der Waals surface area contributed by atoms with Gasteiger partial charge in [0.1, 0.15) is 18.1 Å². The highest BCUT2D eigenvalue weighted by atomic mass is 16.7. The summed E-state index contributed by atoms with van der Waals surface area (Å²) in [6, 6.07) is 8.25. The number of furan rings is 1. The van der Waals surface area contributed by atoms with Crippen molar-refractivity contribution in [2.45, 2.75) is 32.0 Å². The fraction of sp³-hybridized carbons (Fsp3) is 0.375. The van der Waals surface area contributed by atoms with Crippen molar-refractivity contribution >= 4 is 0 Å². The minimum atomic E-state index is 0.272. The summed E-state index contributed by atoms with van der Waals surface area (Å²) in [5, 5.41) is 3.48. The predicted molar refractivity (Wildman–Crippen MR) is 75.5 cm³/mol. The Hall–Kier alpha value is -2.14. The van der Waals surface area contributed by atoms with Gasteiger partial charge in [-0.15, -0.1) is 0 Å². The molecule has 1 aliphatic heterocycles. The first-order valence-corrected chi connectivity index (χ1v) is 7.19. The summed E-state index contributed by atoms with van der Waals surface area (Å²) in [7, 11) is 0. The van der Waals surface area contributed by atoms with Gasteiger partial charge in [0, 0.05) is 24.2 Å². The first kappa shape index (κ1) is 12.6. The predicted octanol–water partition coefficient (Wildman–Crippen LogP) is 2.84. The fourth-order valence-corrected chi connectivity index (χ4v) is 2.31. The molecule has 0 amide bonds. The van der Waals surface area contributed by atoms with Gasteiger partial charge in [-0.05, 0) is 31.0 Å². The molecule has 5 heteroatoms. The normalized spacial score (nSPS) is 16.2. The highest BCUT2D eigenvalue weighted by molar-refractivity contribution is 5.46. The molecule has 0 spiro atoms. The Morgan fingerprint density at radius 3 is 2.95 bits per heavy atom. The Bertz CT molecular complexity index is 633. The van der Waals surface area contributed by atoms with Gasteiger partial charge >= 0.3 is 0 Å². The summed E-state index contributed by atoms with van der Waals surface area (Å²) in [6.45, 7) is 1.52. The molecule has 1 aromatic carbocycles. The molecular weight excluding hydrogens is 270 g/mol. The third-order valence-corrected chi connectivity index (χ3v) is 3.71.